The Morgan fingerprint density at radius 1 is 0.636 bits per heavy atom. The molecule has 0 radical (unpaired) electrons. The number of hydrogen-bond acceptors (Lipinski definition) is 7. The number of nitrogen functional groups attached to an aromatic ring is 1. The van der Waals surface area contributed by atoms with Crippen molar-refractivity contribution in [3.63, 3.8) is 0 Å². The van der Waals surface area contributed by atoms with Crippen molar-refractivity contribution < 1.29 is 13.9 Å². The number of nitrogens with two attached hydrogens (primary N) is 1. The Labute approximate surface area is 258 Å². The molecule has 5 aromatic rings. The maximum Gasteiger partial charge on any atom is 0.421 e. The predicted octanol–water partition coefficient (Wildman–Crippen LogP) is 7.36. The third kappa shape index (κ3) is 8.15. The van der Waals surface area contributed by atoms with Gasteiger partial charge in [-0.3, -0.25) is 0 Å². The summed E-state index contributed by atoms with van der Waals surface area (Å²) in [4.78, 5) is 0. The SMILES string of the molecule is COc1ccc(/N=N/c2n(C)cc[n+]2CCCCCC[n+]2ccn(C)c2/N=N/c2ccc(Nc3ccc(N)cc3)cc2)cc1. The van der Waals surface area contributed by atoms with Crippen molar-refractivity contribution in [2.75, 3.05) is 18.2 Å². The summed E-state index contributed by atoms with van der Waals surface area (Å²) in [5, 5.41) is 21.3. The number of rotatable bonds is 14. The zero-order chi connectivity index (χ0) is 30.7. The van der Waals surface area contributed by atoms with Crippen LogP contribution in [0.15, 0.2) is 118 Å². The second kappa shape index (κ2) is 14.7. The van der Waals surface area contributed by atoms with E-state index in [1.54, 1.807) is 7.11 Å². The quantitative estimate of drug-likeness (QED) is 0.0607. The zero-order valence-corrected chi connectivity index (χ0v) is 25.5. The number of unbranched alkanes of at least 4 members (excludes halogenated alkanes) is 3. The molecule has 11 heteroatoms. The third-order valence-electron chi connectivity index (χ3n) is 7.28. The first-order valence-corrected chi connectivity index (χ1v) is 14.8. The normalized spacial score (nSPS) is 11.5. The summed E-state index contributed by atoms with van der Waals surface area (Å²) < 4.78 is 13.5. The van der Waals surface area contributed by atoms with Gasteiger partial charge in [0.15, 0.2) is 0 Å². The second-order valence-electron chi connectivity index (χ2n) is 10.6. The third-order valence-corrected chi connectivity index (χ3v) is 7.28. The minimum Gasteiger partial charge on any atom is -0.497 e. The Morgan fingerprint density at radius 3 is 1.57 bits per heavy atom. The highest BCUT2D eigenvalue weighted by atomic mass is 16.5. The number of imidazole rings is 2. The Balaban J connectivity index is 1.07. The van der Waals surface area contributed by atoms with Crippen molar-refractivity contribution in [1.29, 1.82) is 0 Å². The number of aromatic nitrogens is 4. The Hall–Kier alpha value is -5.32. The van der Waals surface area contributed by atoms with Crippen LogP contribution in [0.1, 0.15) is 25.7 Å². The largest absolute Gasteiger partial charge is 0.497 e. The zero-order valence-electron chi connectivity index (χ0n) is 25.5. The van der Waals surface area contributed by atoms with Gasteiger partial charge in [-0.1, -0.05) is 23.1 Å². The Morgan fingerprint density at radius 2 is 1.09 bits per heavy atom. The van der Waals surface area contributed by atoms with Gasteiger partial charge in [-0.25, -0.2) is 18.3 Å². The number of ether oxygens (including phenoxy) is 1. The smallest absolute Gasteiger partial charge is 0.421 e. The molecular formula is C33H40N10O+2. The van der Waals surface area contributed by atoms with Crippen LogP contribution in [0, 0.1) is 0 Å². The molecule has 0 atom stereocenters. The summed E-state index contributed by atoms with van der Waals surface area (Å²) in [5.41, 5.74) is 10.1. The first-order chi connectivity index (χ1) is 21.5. The number of aryl methyl sites for hydroxylation is 4. The van der Waals surface area contributed by atoms with Crippen LogP contribution in [0.3, 0.4) is 0 Å². The lowest BCUT2D eigenvalue weighted by molar-refractivity contribution is -0.685. The van der Waals surface area contributed by atoms with E-state index in [1.807, 2.05) is 108 Å². The van der Waals surface area contributed by atoms with Crippen LogP contribution in [-0.4, -0.2) is 16.2 Å². The molecule has 2 aromatic heterocycles. The van der Waals surface area contributed by atoms with Crippen molar-refractivity contribution in [1.82, 2.24) is 9.13 Å². The fraction of sp³-hybridized carbons (Fsp3) is 0.273. The summed E-state index contributed by atoms with van der Waals surface area (Å²) in [7, 11) is 5.63. The van der Waals surface area contributed by atoms with Crippen LogP contribution in [-0.2, 0) is 27.2 Å². The van der Waals surface area contributed by atoms with Gasteiger partial charge in [0.25, 0.3) is 0 Å². The van der Waals surface area contributed by atoms with Gasteiger partial charge in [0.1, 0.15) is 17.1 Å². The highest BCUT2D eigenvalue weighted by Gasteiger charge is 2.16. The molecule has 5 rings (SSSR count). The summed E-state index contributed by atoms with van der Waals surface area (Å²) in [6.45, 7) is 1.78. The minimum atomic E-state index is 0.742. The lowest BCUT2D eigenvalue weighted by atomic mass is 10.2. The molecule has 11 nitrogen and oxygen atoms in total. The van der Waals surface area contributed by atoms with E-state index in [4.69, 9.17) is 10.5 Å². The van der Waals surface area contributed by atoms with Crippen LogP contribution < -0.4 is 24.9 Å². The van der Waals surface area contributed by atoms with E-state index in [2.05, 4.69) is 47.3 Å². The lowest BCUT2D eigenvalue weighted by Crippen LogP contribution is -2.32. The van der Waals surface area contributed by atoms with Crippen molar-refractivity contribution in [2.45, 2.75) is 38.8 Å². The summed E-state index contributed by atoms with van der Waals surface area (Å²) >= 11 is 0. The van der Waals surface area contributed by atoms with E-state index in [0.717, 1.165) is 84.9 Å². The summed E-state index contributed by atoms with van der Waals surface area (Å²) in [6.07, 6.45) is 12.5. The van der Waals surface area contributed by atoms with Crippen molar-refractivity contribution >= 4 is 40.3 Å². The molecule has 226 valence electrons. The van der Waals surface area contributed by atoms with Gasteiger partial charge in [-0.05, 0) is 85.6 Å². The van der Waals surface area contributed by atoms with E-state index in [1.165, 1.54) is 0 Å². The number of hydrogen-bond donors (Lipinski definition) is 2. The van der Waals surface area contributed by atoms with Gasteiger partial charge in [0, 0.05) is 27.3 Å². The van der Waals surface area contributed by atoms with E-state index in [9.17, 15) is 0 Å². The molecule has 0 aliphatic heterocycles. The molecule has 44 heavy (non-hydrogen) atoms. The summed E-state index contributed by atoms with van der Waals surface area (Å²) in [6, 6.07) is 23.1. The molecule has 0 saturated heterocycles. The predicted molar refractivity (Wildman–Crippen MR) is 172 cm³/mol. The highest BCUT2D eigenvalue weighted by molar-refractivity contribution is 5.63. The van der Waals surface area contributed by atoms with Crippen LogP contribution in [0.5, 0.6) is 5.75 Å². The number of anilines is 3. The minimum absolute atomic E-state index is 0.742. The highest BCUT2D eigenvalue weighted by Crippen LogP contribution is 2.23. The van der Waals surface area contributed by atoms with E-state index >= 15 is 0 Å². The standard InChI is InChI=1S/C33H39N10O/c1-40-22-24-42(32(40)38-36-29-14-12-28(13-15-29)35-27-10-8-26(34)9-11-27)20-6-4-5-7-21-43-25-23-41(2)33(43)39-37-30-16-18-31(44-3)19-17-30/h8-19,22-25H,4-7,20-21H2,1-3H3,(H2,34,36)/q+1/p+1. The van der Waals surface area contributed by atoms with Gasteiger partial charge in [0.2, 0.25) is 0 Å². The van der Waals surface area contributed by atoms with Gasteiger partial charge in [-0.2, -0.15) is 0 Å². The molecular weight excluding hydrogens is 552 g/mol. The van der Waals surface area contributed by atoms with E-state index in [0.29, 0.717) is 0 Å². The van der Waals surface area contributed by atoms with Crippen LogP contribution in [0.25, 0.3) is 0 Å². The number of azo groups is 2. The van der Waals surface area contributed by atoms with Gasteiger partial charge in [0.05, 0.1) is 59.1 Å². The van der Waals surface area contributed by atoms with Crippen LogP contribution >= 0.6 is 0 Å². The first kappa shape index (κ1) is 30.1. The molecule has 0 fully saturated rings. The monoisotopic (exact) mass is 592 g/mol. The molecule has 0 spiro atoms. The Bertz CT molecular complexity index is 1680. The van der Waals surface area contributed by atoms with Crippen LogP contribution in [0.4, 0.5) is 40.3 Å². The fourth-order valence-electron chi connectivity index (χ4n) is 4.75. The molecule has 3 N–H and O–H groups in total. The van der Waals surface area contributed by atoms with Crippen molar-refractivity contribution in [3.05, 3.63) is 97.6 Å². The van der Waals surface area contributed by atoms with E-state index in [-0.39, 0.29) is 0 Å². The lowest BCUT2D eigenvalue weighted by Gasteiger charge is -2.06. The number of nitrogens with one attached hydrogen (secondary N) is 1. The topological polar surface area (TPSA) is 114 Å². The van der Waals surface area contributed by atoms with Gasteiger partial charge >= 0.3 is 11.9 Å². The molecule has 0 saturated carbocycles. The molecule has 0 unspecified atom stereocenters. The van der Waals surface area contributed by atoms with E-state index < -0.39 is 0 Å². The van der Waals surface area contributed by atoms with Crippen LogP contribution in [0.2, 0.25) is 0 Å². The molecule has 0 aliphatic carbocycles. The average molecular weight is 593 g/mol. The molecule has 2 heterocycles. The van der Waals surface area contributed by atoms with Crippen molar-refractivity contribution in [3.8, 4) is 5.75 Å². The van der Waals surface area contributed by atoms with Gasteiger partial charge in [-0.15, -0.1) is 0 Å². The fourth-order valence-corrected chi connectivity index (χ4v) is 4.75. The van der Waals surface area contributed by atoms with Gasteiger partial charge < -0.3 is 15.8 Å². The van der Waals surface area contributed by atoms with Crippen molar-refractivity contribution in [2.24, 2.45) is 34.6 Å². The molecule has 3 aromatic carbocycles. The molecule has 0 aliphatic rings. The maximum absolute atomic E-state index is 5.77. The molecule has 0 amide bonds. The number of benzene rings is 3. The number of methoxy groups -OCH3 is 1. The first-order valence-electron chi connectivity index (χ1n) is 14.8. The molecule has 0 bridgehead atoms. The second-order valence-corrected chi connectivity index (χ2v) is 10.6. The Kier molecular flexibility index (Phi) is 10.1. The maximum atomic E-state index is 5.77. The number of nitrogens with zero attached hydrogens (tertiary/aromatic N) is 8. The average Bonchev–Trinajstić information content (AvgIpc) is 3.58. The summed E-state index contributed by atoms with van der Waals surface area (Å²) in [5.74, 6) is 2.44.